The molecule has 2 aromatic heterocycles. The number of halogens is 1. The van der Waals surface area contributed by atoms with Gasteiger partial charge in [0.1, 0.15) is 17.2 Å². The van der Waals surface area contributed by atoms with Gasteiger partial charge in [0, 0.05) is 24.2 Å². The summed E-state index contributed by atoms with van der Waals surface area (Å²) in [6.07, 6.45) is 5.58. The summed E-state index contributed by atoms with van der Waals surface area (Å²) in [5.74, 6) is -0.397. The molecule has 3 rings (SSSR count). The van der Waals surface area contributed by atoms with Gasteiger partial charge in [-0.2, -0.15) is 5.10 Å². The van der Waals surface area contributed by atoms with Gasteiger partial charge in [-0.15, -0.1) is 0 Å². The molecule has 0 saturated heterocycles. The number of aldehydes is 1. The Hall–Kier alpha value is -2.82. The number of carbonyl (C=O) groups excluding carboxylic acids is 1. The van der Waals surface area contributed by atoms with Gasteiger partial charge in [-0.1, -0.05) is 12.1 Å². The highest BCUT2D eigenvalue weighted by Gasteiger charge is 2.13. The van der Waals surface area contributed by atoms with Crippen LogP contribution in [0.15, 0.2) is 48.9 Å². The molecule has 0 atom stereocenters. The van der Waals surface area contributed by atoms with E-state index in [9.17, 15) is 9.18 Å². The lowest BCUT2D eigenvalue weighted by atomic mass is 10.1. The van der Waals surface area contributed by atoms with Crippen molar-refractivity contribution in [2.75, 3.05) is 0 Å². The SMILES string of the molecule is Cc1cncc(-c2nn(-c3ccccc3F)cc2C=O)c1. The van der Waals surface area contributed by atoms with Crippen molar-refractivity contribution >= 4 is 6.29 Å². The second kappa shape index (κ2) is 5.28. The molecule has 0 bridgehead atoms. The number of para-hydroxylation sites is 1. The van der Waals surface area contributed by atoms with E-state index in [2.05, 4.69) is 10.1 Å². The zero-order chi connectivity index (χ0) is 14.8. The van der Waals surface area contributed by atoms with Crippen molar-refractivity contribution in [3.05, 3.63) is 65.9 Å². The number of aryl methyl sites for hydroxylation is 1. The van der Waals surface area contributed by atoms with Gasteiger partial charge in [0.2, 0.25) is 0 Å². The fourth-order valence-corrected chi connectivity index (χ4v) is 2.14. The van der Waals surface area contributed by atoms with Crippen LogP contribution >= 0.6 is 0 Å². The van der Waals surface area contributed by atoms with E-state index in [1.165, 1.54) is 16.9 Å². The standard InChI is InChI=1S/C16H12FN3O/c1-11-6-12(8-18-7-11)16-13(10-21)9-20(19-16)15-5-3-2-4-14(15)17/h2-10H,1H3. The van der Waals surface area contributed by atoms with Gasteiger partial charge >= 0.3 is 0 Å². The average molecular weight is 281 g/mol. The van der Waals surface area contributed by atoms with Gasteiger partial charge in [-0.25, -0.2) is 9.07 Å². The van der Waals surface area contributed by atoms with Crippen molar-refractivity contribution in [3.8, 4) is 16.9 Å². The summed E-state index contributed by atoms with van der Waals surface area (Å²) >= 11 is 0. The summed E-state index contributed by atoms with van der Waals surface area (Å²) in [5.41, 5.74) is 2.87. The molecule has 5 heteroatoms. The first kappa shape index (κ1) is 13.2. The largest absolute Gasteiger partial charge is 0.298 e. The maximum absolute atomic E-state index is 13.8. The molecule has 0 radical (unpaired) electrons. The molecule has 0 saturated carbocycles. The molecule has 0 aliphatic carbocycles. The van der Waals surface area contributed by atoms with Crippen molar-refractivity contribution in [3.63, 3.8) is 0 Å². The number of pyridine rings is 1. The van der Waals surface area contributed by atoms with E-state index in [4.69, 9.17) is 0 Å². The summed E-state index contributed by atoms with van der Waals surface area (Å²) in [6.45, 7) is 1.91. The zero-order valence-corrected chi connectivity index (χ0v) is 11.3. The Labute approximate surface area is 120 Å². The first-order chi connectivity index (χ1) is 10.2. The van der Waals surface area contributed by atoms with Crippen LogP contribution in [0.5, 0.6) is 0 Å². The molecule has 0 aliphatic heterocycles. The highest BCUT2D eigenvalue weighted by molar-refractivity contribution is 5.85. The van der Waals surface area contributed by atoms with Gasteiger partial charge in [0.05, 0.1) is 5.56 Å². The third-order valence-electron chi connectivity index (χ3n) is 3.12. The zero-order valence-electron chi connectivity index (χ0n) is 11.3. The van der Waals surface area contributed by atoms with Crippen LogP contribution in [0.1, 0.15) is 15.9 Å². The Morgan fingerprint density at radius 3 is 2.76 bits per heavy atom. The van der Waals surface area contributed by atoms with Gasteiger partial charge in [0.25, 0.3) is 0 Å². The first-order valence-corrected chi connectivity index (χ1v) is 6.41. The Morgan fingerprint density at radius 2 is 2.05 bits per heavy atom. The van der Waals surface area contributed by atoms with Crippen molar-refractivity contribution < 1.29 is 9.18 Å². The Bertz CT molecular complexity index is 811. The lowest BCUT2D eigenvalue weighted by Gasteiger charge is -2.02. The van der Waals surface area contributed by atoms with Crippen molar-refractivity contribution in [1.29, 1.82) is 0 Å². The topological polar surface area (TPSA) is 47.8 Å². The summed E-state index contributed by atoms with van der Waals surface area (Å²) in [5, 5.41) is 4.33. The third-order valence-corrected chi connectivity index (χ3v) is 3.12. The second-order valence-corrected chi connectivity index (χ2v) is 4.70. The highest BCUT2D eigenvalue weighted by atomic mass is 19.1. The summed E-state index contributed by atoms with van der Waals surface area (Å²) in [7, 11) is 0. The lowest BCUT2D eigenvalue weighted by molar-refractivity contribution is 0.112. The smallest absolute Gasteiger partial charge is 0.153 e. The molecule has 0 aliphatic rings. The van der Waals surface area contributed by atoms with E-state index in [-0.39, 0.29) is 0 Å². The molecule has 0 amide bonds. The van der Waals surface area contributed by atoms with Gasteiger partial charge < -0.3 is 0 Å². The highest BCUT2D eigenvalue weighted by Crippen LogP contribution is 2.23. The Morgan fingerprint density at radius 1 is 1.24 bits per heavy atom. The Kier molecular flexibility index (Phi) is 3.31. The Balaban J connectivity index is 2.15. The molecule has 0 spiro atoms. The van der Waals surface area contributed by atoms with Crippen LogP contribution in [-0.2, 0) is 0 Å². The number of hydrogen-bond acceptors (Lipinski definition) is 3. The molecule has 0 unspecified atom stereocenters. The predicted molar refractivity (Wildman–Crippen MR) is 76.9 cm³/mol. The number of rotatable bonds is 3. The predicted octanol–water partition coefficient (Wildman–Crippen LogP) is 3.19. The minimum atomic E-state index is -0.397. The van der Waals surface area contributed by atoms with E-state index in [1.54, 1.807) is 30.6 Å². The number of carbonyl (C=O) groups is 1. The number of hydrogen-bond donors (Lipinski definition) is 0. The summed E-state index contributed by atoms with van der Waals surface area (Å²) < 4.78 is 15.2. The van der Waals surface area contributed by atoms with Crippen LogP contribution in [0.4, 0.5) is 4.39 Å². The fourth-order valence-electron chi connectivity index (χ4n) is 2.14. The molecule has 0 fully saturated rings. The summed E-state index contributed by atoms with van der Waals surface area (Å²) in [4.78, 5) is 15.3. The van der Waals surface area contributed by atoms with Crippen LogP contribution in [0.2, 0.25) is 0 Å². The minimum absolute atomic E-state index is 0.299. The van der Waals surface area contributed by atoms with Crippen LogP contribution in [-0.4, -0.2) is 21.1 Å². The first-order valence-electron chi connectivity index (χ1n) is 6.41. The average Bonchev–Trinajstić information content (AvgIpc) is 2.92. The van der Waals surface area contributed by atoms with E-state index in [0.717, 1.165) is 11.1 Å². The van der Waals surface area contributed by atoms with E-state index in [1.807, 2.05) is 13.0 Å². The van der Waals surface area contributed by atoms with Crippen LogP contribution in [0, 0.1) is 12.7 Å². The van der Waals surface area contributed by atoms with Gasteiger partial charge in [-0.3, -0.25) is 9.78 Å². The summed E-state index contributed by atoms with van der Waals surface area (Å²) in [6, 6.07) is 8.16. The molecule has 104 valence electrons. The van der Waals surface area contributed by atoms with Gasteiger partial charge in [-0.05, 0) is 30.7 Å². The van der Waals surface area contributed by atoms with Crippen LogP contribution < -0.4 is 0 Å². The molecule has 21 heavy (non-hydrogen) atoms. The lowest BCUT2D eigenvalue weighted by Crippen LogP contribution is -1.98. The van der Waals surface area contributed by atoms with E-state index < -0.39 is 5.82 Å². The normalized spacial score (nSPS) is 10.6. The maximum atomic E-state index is 13.8. The molecular weight excluding hydrogens is 269 g/mol. The number of benzene rings is 1. The molecule has 1 aromatic carbocycles. The molecule has 0 N–H and O–H groups in total. The quantitative estimate of drug-likeness (QED) is 0.693. The molecular formula is C16H12FN3O. The number of aromatic nitrogens is 3. The van der Waals surface area contributed by atoms with Crippen LogP contribution in [0.3, 0.4) is 0 Å². The third kappa shape index (κ3) is 2.45. The second-order valence-electron chi connectivity index (χ2n) is 4.70. The minimum Gasteiger partial charge on any atom is -0.298 e. The van der Waals surface area contributed by atoms with Crippen LogP contribution in [0.25, 0.3) is 16.9 Å². The fraction of sp³-hybridized carbons (Fsp3) is 0.0625. The van der Waals surface area contributed by atoms with Gasteiger partial charge in [0.15, 0.2) is 6.29 Å². The number of nitrogens with zero attached hydrogens (tertiary/aromatic N) is 3. The van der Waals surface area contributed by atoms with Crippen molar-refractivity contribution in [2.45, 2.75) is 6.92 Å². The molecule has 2 heterocycles. The van der Waals surface area contributed by atoms with Crippen molar-refractivity contribution in [2.24, 2.45) is 0 Å². The molecule has 4 nitrogen and oxygen atoms in total. The van der Waals surface area contributed by atoms with Crippen molar-refractivity contribution in [1.82, 2.24) is 14.8 Å². The maximum Gasteiger partial charge on any atom is 0.153 e. The van der Waals surface area contributed by atoms with E-state index in [0.29, 0.717) is 23.2 Å². The molecule has 3 aromatic rings. The monoisotopic (exact) mass is 281 g/mol. The van der Waals surface area contributed by atoms with E-state index >= 15 is 0 Å².